The second-order valence-corrected chi connectivity index (χ2v) is 6.78. The van der Waals surface area contributed by atoms with Crippen molar-refractivity contribution in [2.45, 2.75) is 52.0 Å². The lowest BCUT2D eigenvalue weighted by molar-refractivity contribution is 0.249. The number of unbranched alkanes of at least 4 members (excludes halogenated alkanes) is 2. The van der Waals surface area contributed by atoms with Crippen molar-refractivity contribution in [3.63, 3.8) is 0 Å². The molecule has 0 saturated heterocycles. The van der Waals surface area contributed by atoms with E-state index in [4.69, 9.17) is 8.85 Å². The Hall–Kier alpha value is 0.137. The average Bonchev–Trinajstić information content (AvgIpc) is 2.17. The highest BCUT2D eigenvalue weighted by Gasteiger charge is 2.26. The molecule has 0 fully saturated rings. The fourth-order valence-corrected chi connectivity index (χ4v) is 3.89. The molecule has 86 valence electrons. The van der Waals surface area contributed by atoms with Crippen molar-refractivity contribution in [1.29, 1.82) is 0 Å². The standard InChI is InChI=1S/C11H26O2Si/c1-6-7-8-9-11(10(2)3)14(12-4)13-5/h10-11,14H,6-9H2,1-5H3. The average molecular weight is 218 g/mol. The van der Waals surface area contributed by atoms with E-state index in [0.717, 1.165) is 0 Å². The Morgan fingerprint density at radius 3 is 2.00 bits per heavy atom. The molecule has 0 aliphatic rings. The fourth-order valence-electron chi connectivity index (χ4n) is 1.86. The molecule has 14 heavy (non-hydrogen) atoms. The van der Waals surface area contributed by atoms with Gasteiger partial charge in [0.15, 0.2) is 0 Å². The summed E-state index contributed by atoms with van der Waals surface area (Å²) in [6.45, 7) is 6.79. The second-order valence-electron chi connectivity index (χ2n) is 4.24. The molecular weight excluding hydrogens is 192 g/mol. The monoisotopic (exact) mass is 218 g/mol. The van der Waals surface area contributed by atoms with Crippen LogP contribution in [0, 0.1) is 5.92 Å². The summed E-state index contributed by atoms with van der Waals surface area (Å²) in [6, 6.07) is 0. The Morgan fingerprint density at radius 2 is 1.64 bits per heavy atom. The van der Waals surface area contributed by atoms with E-state index in [0.29, 0.717) is 11.5 Å². The van der Waals surface area contributed by atoms with Crippen LogP contribution in [0.3, 0.4) is 0 Å². The van der Waals surface area contributed by atoms with Crippen LogP contribution in [0.4, 0.5) is 0 Å². The Balaban J connectivity index is 3.99. The third kappa shape index (κ3) is 5.13. The molecule has 0 aromatic carbocycles. The molecule has 0 bridgehead atoms. The molecule has 1 atom stereocenters. The van der Waals surface area contributed by atoms with E-state index in [2.05, 4.69) is 20.8 Å². The first kappa shape index (κ1) is 14.1. The molecule has 0 rings (SSSR count). The Morgan fingerprint density at radius 1 is 1.07 bits per heavy atom. The van der Waals surface area contributed by atoms with Crippen molar-refractivity contribution in [3.8, 4) is 0 Å². The zero-order valence-corrected chi connectivity index (χ0v) is 11.5. The van der Waals surface area contributed by atoms with Gasteiger partial charge in [0.25, 0.3) is 0 Å². The van der Waals surface area contributed by atoms with E-state index in [1.54, 1.807) is 14.2 Å². The first-order valence-electron chi connectivity index (χ1n) is 5.72. The van der Waals surface area contributed by atoms with Gasteiger partial charge >= 0.3 is 9.28 Å². The van der Waals surface area contributed by atoms with E-state index >= 15 is 0 Å². The van der Waals surface area contributed by atoms with Gasteiger partial charge in [-0.25, -0.2) is 0 Å². The lowest BCUT2D eigenvalue weighted by atomic mass is 10.0. The molecule has 0 spiro atoms. The van der Waals surface area contributed by atoms with Gasteiger partial charge in [-0.05, 0) is 12.3 Å². The second kappa shape index (κ2) is 8.45. The van der Waals surface area contributed by atoms with Crippen LogP contribution in [-0.4, -0.2) is 23.5 Å². The zero-order chi connectivity index (χ0) is 11.0. The van der Waals surface area contributed by atoms with Crippen molar-refractivity contribution in [2.75, 3.05) is 14.2 Å². The first-order valence-corrected chi connectivity index (χ1v) is 7.33. The van der Waals surface area contributed by atoms with Crippen LogP contribution >= 0.6 is 0 Å². The molecule has 0 aromatic rings. The largest absolute Gasteiger partial charge is 0.400 e. The summed E-state index contributed by atoms with van der Waals surface area (Å²) < 4.78 is 10.9. The summed E-state index contributed by atoms with van der Waals surface area (Å²) >= 11 is 0. The Labute approximate surface area is 90.8 Å². The highest BCUT2D eigenvalue weighted by atomic mass is 28.3. The highest BCUT2D eigenvalue weighted by Crippen LogP contribution is 2.28. The third-order valence-electron chi connectivity index (χ3n) is 2.81. The van der Waals surface area contributed by atoms with Crippen LogP contribution in [0.5, 0.6) is 0 Å². The van der Waals surface area contributed by atoms with E-state index in [9.17, 15) is 0 Å². The molecular formula is C11H26O2Si. The molecule has 2 nitrogen and oxygen atoms in total. The van der Waals surface area contributed by atoms with Gasteiger partial charge in [0.2, 0.25) is 0 Å². The minimum absolute atomic E-state index is 0.663. The smallest absolute Gasteiger partial charge is 0.324 e. The molecule has 0 aliphatic carbocycles. The summed E-state index contributed by atoms with van der Waals surface area (Å²) in [5.74, 6) is 0.684. The quantitative estimate of drug-likeness (QED) is 0.460. The number of hydrogen-bond donors (Lipinski definition) is 0. The van der Waals surface area contributed by atoms with E-state index < -0.39 is 9.28 Å². The van der Waals surface area contributed by atoms with E-state index in [-0.39, 0.29) is 0 Å². The fraction of sp³-hybridized carbons (Fsp3) is 1.00. The van der Waals surface area contributed by atoms with Gasteiger partial charge in [-0.15, -0.1) is 0 Å². The molecule has 1 unspecified atom stereocenters. The van der Waals surface area contributed by atoms with Gasteiger partial charge < -0.3 is 8.85 Å². The minimum atomic E-state index is -1.41. The van der Waals surface area contributed by atoms with Crippen molar-refractivity contribution in [3.05, 3.63) is 0 Å². The molecule has 0 amide bonds. The van der Waals surface area contributed by atoms with Crippen LogP contribution in [-0.2, 0) is 8.85 Å². The van der Waals surface area contributed by atoms with Crippen molar-refractivity contribution < 1.29 is 8.85 Å². The lowest BCUT2D eigenvalue weighted by Crippen LogP contribution is -2.29. The van der Waals surface area contributed by atoms with Crippen molar-refractivity contribution in [1.82, 2.24) is 0 Å². The maximum atomic E-state index is 5.47. The van der Waals surface area contributed by atoms with E-state index in [1.807, 2.05) is 0 Å². The topological polar surface area (TPSA) is 18.5 Å². The summed E-state index contributed by atoms with van der Waals surface area (Å²) in [5, 5.41) is 0. The van der Waals surface area contributed by atoms with E-state index in [1.165, 1.54) is 25.7 Å². The molecule has 0 aromatic heterocycles. The maximum absolute atomic E-state index is 5.47. The predicted octanol–water partition coefficient (Wildman–Crippen LogP) is 3.11. The summed E-state index contributed by atoms with van der Waals surface area (Å²) in [6.07, 6.45) is 5.20. The molecule has 0 N–H and O–H groups in total. The third-order valence-corrected chi connectivity index (χ3v) is 5.54. The van der Waals surface area contributed by atoms with Gasteiger partial charge in [-0.3, -0.25) is 0 Å². The maximum Gasteiger partial charge on any atom is 0.324 e. The van der Waals surface area contributed by atoms with Crippen LogP contribution in [0.25, 0.3) is 0 Å². The summed E-state index contributed by atoms with van der Waals surface area (Å²) in [5.41, 5.74) is 0.663. The SMILES string of the molecule is CCCCCC(C(C)C)[SiH](OC)OC. The summed E-state index contributed by atoms with van der Waals surface area (Å²) in [4.78, 5) is 0. The summed E-state index contributed by atoms with van der Waals surface area (Å²) in [7, 11) is 2.17. The van der Waals surface area contributed by atoms with Crippen molar-refractivity contribution in [2.24, 2.45) is 5.92 Å². The van der Waals surface area contributed by atoms with Crippen LogP contribution < -0.4 is 0 Å². The first-order chi connectivity index (χ1) is 6.67. The lowest BCUT2D eigenvalue weighted by Gasteiger charge is -2.25. The van der Waals surface area contributed by atoms with Crippen LogP contribution in [0.15, 0.2) is 0 Å². The minimum Gasteiger partial charge on any atom is -0.400 e. The normalized spacial score (nSPS) is 13.9. The van der Waals surface area contributed by atoms with Gasteiger partial charge in [0.1, 0.15) is 0 Å². The van der Waals surface area contributed by atoms with Crippen molar-refractivity contribution >= 4 is 9.28 Å². The molecule has 0 radical (unpaired) electrons. The zero-order valence-electron chi connectivity index (χ0n) is 10.4. The number of hydrogen-bond acceptors (Lipinski definition) is 2. The predicted molar refractivity (Wildman–Crippen MR) is 63.9 cm³/mol. The van der Waals surface area contributed by atoms with Gasteiger partial charge in [0.05, 0.1) is 0 Å². The van der Waals surface area contributed by atoms with Crippen LogP contribution in [0.1, 0.15) is 46.5 Å². The Kier molecular flexibility index (Phi) is 8.53. The van der Waals surface area contributed by atoms with Gasteiger partial charge in [-0.1, -0.05) is 40.0 Å². The molecule has 0 heterocycles. The molecule has 0 aliphatic heterocycles. The van der Waals surface area contributed by atoms with Gasteiger partial charge in [-0.2, -0.15) is 0 Å². The molecule has 0 saturated carbocycles. The number of rotatable bonds is 8. The Bertz CT molecular complexity index is 124. The van der Waals surface area contributed by atoms with Crippen LogP contribution in [0.2, 0.25) is 5.54 Å². The molecule has 3 heteroatoms. The van der Waals surface area contributed by atoms with Gasteiger partial charge in [0, 0.05) is 19.8 Å². The highest BCUT2D eigenvalue weighted by molar-refractivity contribution is 6.46.